The molecule has 0 saturated carbocycles. The molecule has 154 valence electrons. The van der Waals surface area contributed by atoms with Gasteiger partial charge in [0, 0.05) is 23.6 Å². The lowest BCUT2D eigenvalue weighted by Gasteiger charge is -2.29. The van der Waals surface area contributed by atoms with Gasteiger partial charge >= 0.3 is 6.03 Å². The predicted octanol–water partition coefficient (Wildman–Crippen LogP) is 4.63. The zero-order valence-electron chi connectivity index (χ0n) is 16.5. The topological polar surface area (TPSA) is 75.1 Å². The van der Waals surface area contributed by atoms with Gasteiger partial charge in [0.2, 0.25) is 0 Å². The third kappa shape index (κ3) is 3.71. The van der Waals surface area contributed by atoms with Crippen molar-refractivity contribution in [2.24, 2.45) is 0 Å². The van der Waals surface area contributed by atoms with Gasteiger partial charge in [0.05, 0.1) is 18.7 Å². The lowest BCUT2D eigenvalue weighted by molar-refractivity contribution is 0.215. The van der Waals surface area contributed by atoms with E-state index in [1.54, 1.807) is 24.5 Å². The highest BCUT2D eigenvalue weighted by Crippen LogP contribution is 2.39. The fraction of sp³-hybridized carbons (Fsp3) is 0.0870. The molecule has 1 aliphatic heterocycles. The molecule has 2 aromatic heterocycles. The number of nitrogens with one attached hydrogen (secondary N) is 2. The Balaban J connectivity index is 1.52. The number of aromatic nitrogens is 3. The second kappa shape index (κ2) is 7.91. The van der Waals surface area contributed by atoms with Crippen LogP contribution in [0.1, 0.15) is 0 Å². The summed E-state index contributed by atoms with van der Waals surface area (Å²) in [5.41, 5.74) is 7.15. The standard InChI is InChI=1S/C23H19FN6O/c24-18-8-6-17(7-9-18)21-20(16-10-12-25-13-11-16)22-28-30(15-14-29(22)27-21)23(31)26-19-4-2-1-3-5-19/h1-13,28H,14-15H2,(H,26,31). The number of rotatable bonds is 3. The van der Waals surface area contributed by atoms with Crippen molar-refractivity contribution in [3.05, 3.63) is 84.9 Å². The fourth-order valence-corrected chi connectivity index (χ4v) is 3.58. The van der Waals surface area contributed by atoms with Crippen LogP contribution in [0.25, 0.3) is 22.4 Å². The third-order valence-electron chi connectivity index (χ3n) is 5.09. The number of hydrogen-bond donors (Lipinski definition) is 2. The molecule has 5 rings (SSSR count). The Morgan fingerprint density at radius 2 is 1.68 bits per heavy atom. The molecule has 0 bridgehead atoms. The molecule has 2 amide bonds. The van der Waals surface area contributed by atoms with Crippen LogP contribution >= 0.6 is 0 Å². The van der Waals surface area contributed by atoms with Gasteiger partial charge in [-0.2, -0.15) is 5.10 Å². The number of benzene rings is 2. The first-order valence-electron chi connectivity index (χ1n) is 9.86. The van der Waals surface area contributed by atoms with Crippen LogP contribution in [0.4, 0.5) is 20.7 Å². The molecule has 8 heteroatoms. The SMILES string of the molecule is O=C(Nc1ccccc1)N1CCn2nc(-c3ccc(F)cc3)c(-c3ccncc3)c2N1. The Kier molecular flexibility index (Phi) is 4.80. The van der Waals surface area contributed by atoms with Crippen molar-refractivity contribution in [2.75, 3.05) is 17.3 Å². The van der Waals surface area contributed by atoms with Gasteiger partial charge < -0.3 is 5.32 Å². The molecule has 1 aliphatic rings. The number of pyridine rings is 1. The summed E-state index contributed by atoms with van der Waals surface area (Å²) in [4.78, 5) is 16.9. The summed E-state index contributed by atoms with van der Waals surface area (Å²) < 4.78 is 15.3. The minimum absolute atomic E-state index is 0.261. The van der Waals surface area contributed by atoms with Crippen LogP contribution in [0.15, 0.2) is 79.1 Å². The van der Waals surface area contributed by atoms with E-state index in [1.165, 1.54) is 17.1 Å². The van der Waals surface area contributed by atoms with Crippen LogP contribution in [0.5, 0.6) is 0 Å². The number of nitrogens with zero attached hydrogens (tertiary/aromatic N) is 4. The first-order valence-corrected chi connectivity index (χ1v) is 9.86. The third-order valence-corrected chi connectivity index (χ3v) is 5.09. The van der Waals surface area contributed by atoms with Crippen molar-refractivity contribution in [2.45, 2.75) is 6.54 Å². The van der Waals surface area contributed by atoms with E-state index in [0.717, 1.165) is 22.4 Å². The average molecular weight is 414 g/mol. The van der Waals surface area contributed by atoms with Crippen molar-refractivity contribution in [3.63, 3.8) is 0 Å². The normalized spacial score (nSPS) is 12.7. The molecule has 4 aromatic rings. The van der Waals surface area contributed by atoms with E-state index in [1.807, 2.05) is 47.1 Å². The summed E-state index contributed by atoms with van der Waals surface area (Å²) in [6, 6.07) is 19.0. The van der Waals surface area contributed by atoms with E-state index in [9.17, 15) is 9.18 Å². The highest BCUT2D eigenvalue weighted by Gasteiger charge is 2.28. The van der Waals surface area contributed by atoms with Crippen molar-refractivity contribution >= 4 is 17.5 Å². The molecule has 0 radical (unpaired) electrons. The number of fused-ring (bicyclic) bond motifs is 1. The Bertz CT molecular complexity index is 1210. The monoisotopic (exact) mass is 414 g/mol. The minimum Gasteiger partial charge on any atom is -0.306 e. The van der Waals surface area contributed by atoms with E-state index >= 15 is 0 Å². The maximum absolute atomic E-state index is 13.5. The molecule has 2 aromatic carbocycles. The van der Waals surface area contributed by atoms with Gasteiger partial charge in [-0.25, -0.2) is 18.9 Å². The minimum atomic E-state index is -0.305. The Labute approximate surface area is 178 Å². The summed E-state index contributed by atoms with van der Waals surface area (Å²) in [6.45, 7) is 0.954. The number of urea groups is 1. The van der Waals surface area contributed by atoms with E-state index < -0.39 is 0 Å². The van der Waals surface area contributed by atoms with Crippen molar-refractivity contribution in [3.8, 4) is 22.4 Å². The average Bonchev–Trinajstić information content (AvgIpc) is 3.19. The first-order chi connectivity index (χ1) is 15.2. The molecule has 31 heavy (non-hydrogen) atoms. The Morgan fingerprint density at radius 1 is 0.935 bits per heavy atom. The lowest BCUT2D eigenvalue weighted by Crippen LogP contribution is -2.45. The fourth-order valence-electron chi connectivity index (χ4n) is 3.58. The molecular formula is C23H19FN6O. The predicted molar refractivity (Wildman–Crippen MR) is 117 cm³/mol. The number of anilines is 2. The first kappa shape index (κ1) is 18.8. The summed E-state index contributed by atoms with van der Waals surface area (Å²) in [7, 11) is 0. The van der Waals surface area contributed by atoms with Crippen molar-refractivity contribution in [1.82, 2.24) is 19.8 Å². The van der Waals surface area contributed by atoms with Crippen LogP contribution in [-0.4, -0.2) is 32.3 Å². The highest BCUT2D eigenvalue weighted by atomic mass is 19.1. The number of carbonyl (C=O) groups excluding carboxylic acids is 1. The van der Waals surface area contributed by atoms with E-state index in [-0.39, 0.29) is 11.8 Å². The van der Waals surface area contributed by atoms with Gasteiger partial charge in [-0.3, -0.25) is 10.4 Å². The number of para-hydroxylation sites is 1. The van der Waals surface area contributed by atoms with Crippen LogP contribution in [0, 0.1) is 5.82 Å². The quantitative estimate of drug-likeness (QED) is 0.513. The molecular weight excluding hydrogens is 395 g/mol. The Morgan fingerprint density at radius 3 is 2.42 bits per heavy atom. The van der Waals surface area contributed by atoms with Crippen LogP contribution in [0.3, 0.4) is 0 Å². The largest absolute Gasteiger partial charge is 0.340 e. The van der Waals surface area contributed by atoms with Gasteiger partial charge in [0.1, 0.15) is 11.5 Å². The molecule has 0 spiro atoms. The number of amides is 2. The highest BCUT2D eigenvalue weighted by molar-refractivity contribution is 5.93. The molecule has 2 N–H and O–H groups in total. The zero-order chi connectivity index (χ0) is 21.2. The molecule has 0 unspecified atom stereocenters. The van der Waals surface area contributed by atoms with E-state index in [4.69, 9.17) is 5.10 Å². The second-order valence-corrected chi connectivity index (χ2v) is 7.10. The zero-order valence-corrected chi connectivity index (χ0v) is 16.5. The summed E-state index contributed by atoms with van der Waals surface area (Å²) in [5.74, 6) is 0.389. The smallest absolute Gasteiger partial charge is 0.306 e. The summed E-state index contributed by atoms with van der Waals surface area (Å²) >= 11 is 0. The maximum Gasteiger partial charge on any atom is 0.340 e. The van der Waals surface area contributed by atoms with E-state index in [0.29, 0.717) is 24.6 Å². The number of hydrogen-bond acceptors (Lipinski definition) is 4. The van der Waals surface area contributed by atoms with Gasteiger partial charge in [-0.05, 0) is 54.1 Å². The molecule has 0 atom stereocenters. The van der Waals surface area contributed by atoms with Crippen LogP contribution in [0.2, 0.25) is 0 Å². The van der Waals surface area contributed by atoms with Crippen LogP contribution < -0.4 is 10.7 Å². The molecule has 3 heterocycles. The number of carbonyl (C=O) groups is 1. The van der Waals surface area contributed by atoms with Gasteiger partial charge in [-0.15, -0.1) is 0 Å². The molecule has 0 saturated heterocycles. The van der Waals surface area contributed by atoms with E-state index in [2.05, 4.69) is 15.7 Å². The Hall–Kier alpha value is -4.20. The molecule has 0 fully saturated rings. The molecule has 7 nitrogen and oxygen atoms in total. The van der Waals surface area contributed by atoms with Gasteiger partial charge in [0.15, 0.2) is 5.82 Å². The van der Waals surface area contributed by atoms with Gasteiger partial charge in [-0.1, -0.05) is 18.2 Å². The summed E-state index contributed by atoms with van der Waals surface area (Å²) in [5, 5.41) is 9.18. The molecule has 0 aliphatic carbocycles. The number of hydrazine groups is 1. The van der Waals surface area contributed by atoms with Crippen molar-refractivity contribution < 1.29 is 9.18 Å². The summed E-state index contributed by atoms with van der Waals surface area (Å²) in [6.07, 6.45) is 3.41. The van der Waals surface area contributed by atoms with Crippen molar-refractivity contribution in [1.29, 1.82) is 0 Å². The maximum atomic E-state index is 13.5. The lowest BCUT2D eigenvalue weighted by atomic mass is 10.0. The number of halogens is 1. The second-order valence-electron chi connectivity index (χ2n) is 7.10. The van der Waals surface area contributed by atoms with Crippen LogP contribution in [-0.2, 0) is 6.54 Å². The van der Waals surface area contributed by atoms with Gasteiger partial charge in [0.25, 0.3) is 0 Å².